The molecule has 134 valence electrons. The van der Waals surface area contributed by atoms with Gasteiger partial charge in [0.05, 0.1) is 17.7 Å². The van der Waals surface area contributed by atoms with Gasteiger partial charge in [-0.3, -0.25) is 9.59 Å². The van der Waals surface area contributed by atoms with Gasteiger partial charge in [0.25, 0.3) is 0 Å². The van der Waals surface area contributed by atoms with Crippen LogP contribution in [0.1, 0.15) is 29.6 Å². The summed E-state index contributed by atoms with van der Waals surface area (Å²) in [4.78, 5) is 23.4. The Kier molecular flexibility index (Phi) is 7.53. The first-order valence-corrected chi connectivity index (χ1v) is 8.59. The van der Waals surface area contributed by atoms with Crippen molar-refractivity contribution < 1.29 is 19.1 Å². The average Bonchev–Trinajstić information content (AvgIpc) is 2.63. The molecule has 0 aliphatic heterocycles. The number of methoxy groups -OCH3 is 1. The Morgan fingerprint density at radius 1 is 1.08 bits per heavy atom. The number of carbonyl (C=O) groups excluding carboxylic acids is 2. The lowest BCUT2D eigenvalue weighted by Crippen LogP contribution is -2.00. The van der Waals surface area contributed by atoms with Crippen LogP contribution in [0.15, 0.2) is 42.5 Å². The number of ketones is 1. The molecule has 2 aromatic carbocycles. The molecular formula is C20H16Cl2O4. The molecular weight excluding hydrogens is 375 g/mol. The molecule has 0 unspecified atom stereocenters. The van der Waals surface area contributed by atoms with Crippen LogP contribution in [0.3, 0.4) is 0 Å². The Bertz CT molecular complexity index is 866. The summed E-state index contributed by atoms with van der Waals surface area (Å²) in [7, 11) is 1.33. The molecule has 0 saturated carbocycles. The summed E-state index contributed by atoms with van der Waals surface area (Å²) in [5.41, 5.74) is 0.332. The number of hydrogen-bond donors (Lipinski definition) is 0. The largest absolute Gasteiger partial charge is 0.469 e. The smallest absolute Gasteiger partial charge is 0.305 e. The van der Waals surface area contributed by atoms with E-state index in [2.05, 4.69) is 16.6 Å². The third kappa shape index (κ3) is 5.80. The maximum absolute atomic E-state index is 12.3. The van der Waals surface area contributed by atoms with Crippen LogP contribution in [0.25, 0.3) is 0 Å². The van der Waals surface area contributed by atoms with Gasteiger partial charge in [0, 0.05) is 17.9 Å². The summed E-state index contributed by atoms with van der Waals surface area (Å²) in [5, 5.41) is 0.832. The second-order valence-electron chi connectivity index (χ2n) is 5.23. The fourth-order valence-corrected chi connectivity index (χ4v) is 2.50. The number of esters is 1. The minimum Gasteiger partial charge on any atom is -0.469 e. The van der Waals surface area contributed by atoms with E-state index in [-0.39, 0.29) is 18.2 Å². The van der Waals surface area contributed by atoms with Crippen molar-refractivity contribution in [3.8, 4) is 23.3 Å². The first-order valence-electron chi connectivity index (χ1n) is 7.83. The van der Waals surface area contributed by atoms with Crippen molar-refractivity contribution in [2.45, 2.75) is 19.3 Å². The summed E-state index contributed by atoms with van der Waals surface area (Å²) < 4.78 is 10.3. The van der Waals surface area contributed by atoms with Gasteiger partial charge >= 0.3 is 5.97 Å². The minimum atomic E-state index is -0.372. The molecule has 6 heteroatoms. The number of unbranched alkanes of at least 4 members (excludes halogenated alkanes) is 1. The number of halogens is 2. The zero-order valence-corrected chi connectivity index (χ0v) is 15.6. The number of benzene rings is 2. The molecule has 0 aliphatic carbocycles. The monoisotopic (exact) mass is 390 g/mol. The lowest BCUT2D eigenvalue weighted by atomic mass is 10.1. The van der Waals surface area contributed by atoms with Crippen molar-refractivity contribution in [1.29, 1.82) is 0 Å². The Balaban J connectivity index is 2.08. The van der Waals surface area contributed by atoms with E-state index in [1.165, 1.54) is 7.11 Å². The highest BCUT2D eigenvalue weighted by atomic mass is 35.5. The zero-order valence-electron chi connectivity index (χ0n) is 14.1. The third-order valence-electron chi connectivity index (χ3n) is 3.36. The second-order valence-corrected chi connectivity index (χ2v) is 6.08. The van der Waals surface area contributed by atoms with Crippen LogP contribution in [-0.2, 0) is 9.53 Å². The van der Waals surface area contributed by atoms with Crippen molar-refractivity contribution in [2.75, 3.05) is 7.11 Å². The number of rotatable bonds is 6. The highest BCUT2D eigenvalue weighted by molar-refractivity contribution is 6.35. The summed E-state index contributed by atoms with van der Waals surface area (Å²) in [5.74, 6) is 5.41. The summed E-state index contributed by atoms with van der Waals surface area (Å²) in [6.07, 6.45) is 1.23. The van der Waals surface area contributed by atoms with E-state index < -0.39 is 0 Å². The van der Waals surface area contributed by atoms with Gasteiger partial charge in [0.1, 0.15) is 11.5 Å². The molecule has 0 radical (unpaired) electrons. The Hall–Kier alpha value is -2.48. The molecule has 2 rings (SSSR count). The van der Waals surface area contributed by atoms with Crippen molar-refractivity contribution in [1.82, 2.24) is 0 Å². The molecule has 0 atom stereocenters. The summed E-state index contributed by atoms with van der Waals surface area (Å²) in [6.45, 7) is 0. The summed E-state index contributed by atoms with van der Waals surface area (Å²) >= 11 is 12.0. The SMILES string of the molecule is COC(=O)CCCC#CC(=O)c1ccccc1Oc1ccc(Cl)cc1Cl. The van der Waals surface area contributed by atoms with Gasteiger partial charge in [0.15, 0.2) is 0 Å². The molecule has 2 aromatic rings. The van der Waals surface area contributed by atoms with Crippen LogP contribution in [0.4, 0.5) is 0 Å². The van der Waals surface area contributed by atoms with Crippen LogP contribution in [0.2, 0.25) is 10.0 Å². The Labute approximate surface area is 162 Å². The predicted molar refractivity (Wildman–Crippen MR) is 101 cm³/mol. The van der Waals surface area contributed by atoms with Gasteiger partial charge in [0.2, 0.25) is 5.78 Å². The Morgan fingerprint density at radius 2 is 1.85 bits per heavy atom. The molecule has 4 nitrogen and oxygen atoms in total. The van der Waals surface area contributed by atoms with Gasteiger partial charge in [-0.1, -0.05) is 41.3 Å². The van der Waals surface area contributed by atoms with E-state index >= 15 is 0 Å². The first-order chi connectivity index (χ1) is 12.5. The van der Waals surface area contributed by atoms with E-state index in [0.717, 1.165) is 0 Å². The quantitative estimate of drug-likeness (QED) is 0.220. The first kappa shape index (κ1) is 19.8. The van der Waals surface area contributed by atoms with E-state index in [0.29, 0.717) is 39.9 Å². The lowest BCUT2D eigenvalue weighted by molar-refractivity contribution is -0.140. The van der Waals surface area contributed by atoms with Gasteiger partial charge in [-0.05, 0) is 42.7 Å². The minimum absolute atomic E-state index is 0.272. The second kappa shape index (κ2) is 9.86. The standard InChI is InChI=1S/C20H16Cl2O4/c1-25-20(24)10-4-2-3-8-17(23)15-7-5-6-9-18(15)26-19-12-11-14(21)13-16(19)22/h5-7,9,11-13H,2,4,10H2,1H3. The highest BCUT2D eigenvalue weighted by Gasteiger charge is 2.12. The fourth-order valence-electron chi connectivity index (χ4n) is 2.05. The molecule has 0 heterocycles. The number of Topliss-reactive ketones (excluding diaryl/α,β-unsaturated/α-hetero) is 1. The van der Waals surface area contributed by atoms with Crippen LogP contribution >= 0.6 is 23.2 Å². The van der Waals surface area contributed by atoms with Crippen LogP contribution in [0, 0.1) is 11.8 Å². The maximum Gasteiger partial charge on any atom is 0.305 e. The van der Waals surface area contributed by atoms with Gasteiger partial charge in [-0.15, -0.1) is 0 Å². The molecule has 0 fully saturated rings. The van der Waals surface area contributed by atoms with Crippen molar-refractivity contribution >= 4 is 35.0 Å². The average molecular weight is 391 g/mol. The lowest BCUT2D eigenvalue weighted by Gasteiger charge is -2.10. The molecule has 0 saturated heterocycles. The van der Waals surface area contributed by atoms with Crippen LogP contribution in [0.5, 0.6) is 11.5 Å². The van der Waals surface area contributed by atoms with E-state index in [1.807, 2.05) is 0 Å². The normalized spacial score (nSPS) is 9.81. The molecule has 0 amide bonds. The number of para-hydroxylation sites is 1. The fraction of sp³-hybridized carbons (Fsp3) is 0.200. The molecule has 26 heavy (non-hydrogen) atoms. The van der Waals surface area contributed by atoms with Crippen molar-refractivity contribution in [2.24, 2.45) is 0 Å². The number of carbonyl (C=O) groups is 2. The summed E-state index contributed by atoms with van der Waals surface area (Å²) in [6, 6.07) is 11.6. The predicted octanol–water partition coefficient (Wildman–Crippen LogP) is 5.32. The van der Waals surface area contributed by atoms with Gasteiger partial charge in [-0.25, -0.2) is 0 Å². The number of hydrogen-bond acceptors (Lipinski definition) is 4. The van der Waals surface area contributed by atoms with Crippen LogP contribution in [-0.4, -0.2) is 18.9 Å². The van der Waals surface area contributed by atoms with E-state index in [1.54, 1.807) is 42.5 Å². The van der Waals surface area contributed by atoms with Crippen molar-refractivity contribution in [3.63, 3.8) is 0 Å². The maximum atomic E-state index is 12.3. The molecule has 0 spiro atoms. The number of ether oxygens (including phenoxy) is 2. The molecule has 0 aromatic heterocycles. The highest BCUT2D eigenvalue weighted by Crippen LogP contribution is 2.33. The van der Waals surface area contributed by atoms with Crippen LogP contribution < -0.4 is 4.74 Å². The van der Waals surface area contributed by atoms with E-state index in [4.69, 9.17) is 27.9 Å². The third-order valence-corrected chi connectivity index (χ3v) is 3.89. The molecule has 0 bridgehead atoms. The van der Waals surface area contributed by atoms with Gasteiger partial charge < -0.3 is 9.47 Å². The van der Waals surface area contributed by atoms with Gasteiger partial charge in [-0.2, -0.15) is 0 Å². The Morgan fingerprint density at radius 3 is 2.58 bits per heavy atom. The molecule has 0 N–H and O–H groups in total. The molecule has 0 aliphatic rings. The topological polar surface area (TPSA) is 52.6 Å². The zero-order chi connectivity index (χ0) is 18.9. The van der Waals surface area contributed by atoms with Crippen molar-refractivity contribution in [3.05, 3.63) is 58.1 Å². The van der Waals surface area contributed by atoms with E-state index in [9.17, 15) is 9.59 Å².